The predicted octanol–water partition coefficient (Wildman–Crippen LogP) is 4.51. The maximum atomic E-state index is 13.6. The van der Waals surface area contributed by atoms with E-state index in [9.17, 15) is 9.59 Å². The Bertz CT molecular complexity index is 975. The van der Waals surface area contributed by atoms with Crippen LogP contribution in [0.1, 0.15) is 43.2 Å². The van der Waals surface area contributed by atoms with E-state index in [0.29, 0.717) is 37.1 Å². The molecule has 0 saturated carbocycles. The summed E-state index contributed by atoms with van der Waals surface area (Å²) in [5, 5.41) is 5.64. The minimum absolute atomic E-state index is 0.00925. The first-order chi connectivity index (χ1) is 16.4. The lowest BCUT2D eigenvalue weighted by Gasteiger charge is -2.37. The second-order valence-electron chi connectivity index (χ2n) is 9.04. The van der Waals surface area contributed by atoms with Gasteiger partial charge in [0.1, 0.15) is 18.9 Å². The van der Waals surface area contributed by atoms with Gasteiger partial charge in [-0.1, -0.05) is 11.6 Å². The van der Waals surface area contributed by atoms with Crippen molar-refractivity contribution in [2.24, 2.45) is 0 Å². The smallest absolute Gasteiger partial charge is 0.318 e. The molecule has 1 aromatic heterocycles. The second kappa shape index (κ2) is 11.4. The van der Waals surface area contributed by atoms with Gasteiger partial charge in [-0.25, -0.2) is 4.79 Å². The molecule has 3 amide bonds. The minimum Gasteiger partial charge on any atom is -0.491 e. The van der Waals surface area contributed by atoms with Crippen LogP contribution in [0, 0.1) is 0 Å². The zero-order valence-corrected chi connectivity index (χ0v) is 21.2. The summed E-state index contributed by atoms with van der Waals surface area (Å²) in [6.07, 6.45) is 2.66. The van der Waals surface area contributed by atoms with Gasteiger partial charge >= 0.3 is 6.03 Å². The van der Waals surface area contributed by atoms with Gasteiger partial charge in [-0.15, -0.1) is 11.3 Å². The Labute approximate surface area is 210 Å². The van der Waals surface area contributed by atoms with Crippen LogP contribution < -0.4 is 10.1 Å². The fraction of sp³-hybridized carbons (Fsp3) is 0.520. The van der Waals surface area contributed by atoms with E-state index >= 15 is 0 Å². The van der Waals surface area contributed by atoms with Crippen molar-refractivity contribution in [3.63, 3.8) is 0 Å². The van der Waals surface area contributed by atoms with E-state index in [2.05, 4.69) is 16.8 Å². The highest BCUT2D eigenvalue weighted by molar-refractivity contribution is 7.10. The number of ether oxygens (including phenoxy) is 2. The molecule has 0 bridgehead atoms. The van der Waals surface area contributed by atoms with Crippen LogP contribution in [0.4, 0.5) is 4.79 Å². The van der Waals surface area contributed by atoms with Crippen molar-refractivity contribution in [3.05, 3.63) is 51.2 Å². The Kier molecular flexibility index (Phi) is 8.34. The third kappa shape index (κ3) is 6.23. The molecule has 2 aliphatic heterocycles. The van der Waals surface area contributed by atoms with Crippen LogP contribution >= 0.6 is 22.9 Å². The van der Waals surface area contributed by atoms with E-state index in [0.717, 1.165) is 24.8 Å². The van der Waals surface area contributed by atoms with E-state index in [1.54, 1.807) is 28.4 Å². The molecule has 9 heteroatoms. The van der Waals surface area contributed by atoms with Crippen molar-refractivity contribution >= 4 is 34.9 Å². The van der Waals surface area contributed by atoms with E-state index in [1.807, 2.05) is 30.9 Å². The van der Waals surface area contributed by atoms with E-state index in [4.69, 9.17) is 21.1 Å². The Balaban J connectivity index is 1.48. The van der Waals surface area contributed by atoms with Crippen LogP contribution in [0.3, 0.4) is 0 Å². The number of amides is 3. The molecule has 7 nitrogen and oxygen atoms in total. The van der Waals surface area contributed by atoms with Gasteiger partial charge in [0.25, 0.3) is 0 Å². The molecular weight excluding hydrogens is 474 g/mol. The lowest BCUT2D eigenvalue weighted by Crippen LogP contribution is -2.52. The van der Waals surface area contributed by atoms with E-state index in [1.165, 1.54) is 4.88 Å². The molecule has 4 rings (SSSR count). The van der Waals surface area contributed by atoms with Crippen molar-refractivity contribution in [1.29, 1.82) is 0 Å². The molecule has 1 fully saturated rings. The molecule has 1 aromatic carbocycles. The van der Waals surface area contributed by atoms with Crippen molar-refractivity contribution in [2.45, 2.75) is 51.3 Å². The van der Waals surface area contributed by atoms with Crippen molar-refractivity contribution in [2.75, 3.05) is 32.8 Å². The van der Waals surface area contributed by atoms with Crippen LogP contribution in [0.5, 0.6) is 5.75 Å². The van der Waals surface area contributed by atoms with E-state index in [-0.39, 0.29) is 36.7 Å². The topological polar surface area (TPSA) is 71.1 Å². The highest BCUT2D eigenvalue weighted by Gasteiger charge is 2.34. The Morgan fingerprint density at radius 1 is 1.29 bits per heavy atom. The number of hydrogen-bond donors (Lipinski definition) is 1. The fourth-order valence-corrected chi connectivity index (χ4v) is 5.48. The molecule has 0 spiro atoms. The molecule has 2 unspecified atom stereocenters. The Morgan fingerprint density at radius 3 is 2.79 bits per heavy atom. The van der Waals surface area contributed by atoms with Crippen LogP contribution in [0.2, 0.25) is 5.02 Å². The Hall–Kier alpha value is -2.29. The summed E-state index contributed by atoms with van der Waals surface area (Å²) in [6, 6.07) is 8.83. The maximum Gasteiger partial charge on any atom is 0.318 e. The van der Waals surface area contributed by atoms with Crippen molar-refractivity contribution in [3.8, 4) is 5.75 Å². The SMILES string of the molecule is CC(C)NC(=O)N(CC(=O)N1CCc2sccc2C1COc1ccc(Cl)cc1)CC1CCCO1. The number of carbonyl (C=O) groups is 2. The zero-order chi connectivity index (χ0) is 24.1. The largest absolute Gasteiger partial charge is 0.491 e. The Morgan fingerprint density at radius 2 is 2.09 bits per heavy atom. The first-order valence-electron chi connectivity index (χ1n) is 11.8. The summed E-state index contributed by atoms with van der Waals surface area (Å²) in [7, 11) is 0. The third-order valence-corrected chi connectivity index (χ3v) is 7.36. The van der Waals surface area contributed by atoms with Crippen molar-refractivity contribution in [1.82, 2.24) is 15.1 Å². The lowest BCUT2D eigenvalue weighted by molar-refractivity contribution is -0.135. The van der Waals surface area contributed by atoms with Gasteiger partial charge in [0.2, 0.25) is 5.91 Å². The molecule has 34 heavy (non-hydrogen) atoms. The number of nitrogens with zero attached hydrogens (tertiary/aromatic N) is 2. The normalized spacial score (nSPS) is 19.7. The molecule has 1 N–H and O–H groups in total. The maximum absolute atomic E-state index is 13.6. The summed E-state index contributed by atoms with van der Waals surface area (Å²) in [4.78, 5) is 31.2. The zero-order valence-electron chi connectivity index (χ0n) is 19.7. The molecule has 1 saturated heterocycles. The third-order valence-electron chi connectivity index (χ3n) is 6.11. The number of fused-ring (bicyclic) bond motifs is 1. The highest BCUT2D eigenvalue weighted by Crippen LogP contribution is 2.34. The van der Waals surface area contributed by atoms with Crippen molar-refractivity contribution < 1.29 is 19.1 Å². The quantitative estimate of drug-likeness (QED) is 0.573. The summed E-state index contributed by atoms with van der Waals surface area (Å²) in [5.41, 5.74) is 1.12. The molecule has 2 aliphatic rings. The lowest BCUT2D eigenvalue weighted by atomic mass is 10.0. The van der Waals surface area contributed by atoms with Crippen LogP contribution in [-0.4, -0.2) is 66.7 Å². The van der Waals surface area contributed by atoms with Gasteiger partial charge in [-0.2, -0.15) is 0 Å². The number of hydrogen-bond acceptors (Lipinski definition) is 5. The van der Waals surface area contributed by atoms with Crippen LogP contribution in [-0.2, 0) is 16.0 Å². The van der Waals surface area contributed by atoms with Gasteiger partial charge in [0.15, 0.2) is 0 Å². The first-order valence-corrected chi connectivity index (χ1v) is 13.1. The first kappa shape index (κ1) is 24.8. The molecular formula is C25H32ClN3O4S. The van der Waals surface area contributed by atoms with Gasteiger partial charge in [0.05, 0.1) is 12.1 Å². The number of nitrogens with one attached hydrogen (secondary N) is 1. The monoisotopic (exact) mass is 505 g/mol. The summed E-state index contributed by atoms with van der Waals surface area (Å²) < 4.78 is 11.8. The number of urea groups is 1. The molecule has 3 heterocycles. The van der Waals surface area contributed by atoms with E-state index < -0.39 is 0 Å². The molecule has 0 aliphatic carbocycles. The second-order valence-corrected chi connectivity index (χ2v) is 10.5. The number of carbonyl (C=O) groups excluding carboxylic acids is 2. The van der Waals surface area contributed by atoms with Crippen LogP contribution in [0.25, 0.3) is 0 Å². The highest BCUT2D eigenvalue weighted by atomic mass is 35.5. The average Bonchev–Trinajstić information content (AvgIpc) is 3.49. The number of thiophene rings is 1. The summed E-state index contributed by atoms with van der Waals surface area (Å²) in [6.45, 7) is 5.88. The minimum atomic E-state index is -0.235. The summed E-state index contributed by atoms with van der Waals surface area (Å²) >= 11 is 7.70. The molecule has 184 valence electrons. The van der Waals surface area contributed by atoms with Gasteiger partial charge < -0.3 is 24.6 Å². The van der Waals surface area contributed by atoms with Crippen LogP contribution in [0.15, 0.2) is 35.7 Å². The molecule has 2 aromatic rings. The molecule has 2 atom stereocenters. The standard InChI is InChI=1S/C25H32ClN3O4S/c1-17(2)27-25(31)28(14-20-4-3-12-32-20)15-24(30)29-11-9-23-21(10-13-34-23)22(29)16-33-19-7-5-18(26)6-8-19/h5-8,10,13,17,20,22H,3-4,9,11-12,14-16H2,1-2H3,(H,27,31). The number of benzene rings is 1. The molecule has 0 radical (unpaired) electrons. The number of halogens is 1. The fourth-order valence-electron chi connectivity index (χ4n) is 4.43. The average molecular weight is 506 g/mol. The van der Waals surface area contributed by atoms with Gasteiger partial charge in [0, 0.05) is 35.6 Å². The predicted molar refractivity (Wildman–Crippen MR) is 134 cm³/mol. The number of rotatable bonds is 8. The summed E-state index contributed by atoms with van der Waals surface area (Å²) in [5.74, 6) is 0.619. The van der Waals surface area contributed by atoms with Gasteiger partial charge in [-0.05, 0) is 74.4 Å². The van der Waals surface area contributed by atoms with Gasteiger partial charge in [-0.3, -0.25) is 4.79 Å².